The summed E-state index contributed by atoms with van der Waals surface area (Å²) in [5, 5.41) is 9.07. The van der Waals surface area contributed by atoms with Gasteiger partial charge in [0.25, 0.3) is 15.0 Å². The average Bonchev–Trinajstić information content (AvgIpc) is 3.22. The van der Waals surface area contributed by atoms with Gasteiger partial charge < -0.3 is 5.32 Å². The third-order valence-electron chi connectivity index (χ3n) is 4.29. The molecule has 2 N–H and O–H groups in total. The van der Waals surface area contributed by atoms with E-state index in [1.807, 2.05) is 0 Å². The molecule has 1 aromatic rings. The van der Waals surface area contributed by atoms with Crippen molar-refractivity contribution in [1.82, 2.24) is 15.5 Å². The predicted molar refractivity (Wildman–Crippen MR) is 73.1 cm³/mol. The highest BCUT2D eigenvalue weighted by Crippen LogP contribution is 2.60. The second kappa shape index (κ2) is 4.46. The van der Waals surface area contributed by atoms with Crippen LogP contribution in [0, 0.1) is 18.3 Å². The van der Waals surface area contributed by atoms with Crippen LogP contribution in [0.4, 0.5) is 0 Å². The van der Waals surface area contributed by atoms with Gasteiger partial charge in [0.15, 0.2) is 5.69 Å². The summed E-state index contributed by atoms with van der Waals surface area (Å²) in [6.45, 7) is 2.11. The van der Waals surface area contributed by atoms with Crippen LogP contribution >= 0.6 is 10.7 Å². The van der Waals surface area contributed by atoms with E-state index >= 15 is 0 Å². The van der Waals surface area contributed by atoms with E-state index < -0.39 is 15.0 Å². The van der Waals surface area contributed by atoms with Crippen molar-refractivity contribution in [3.63, 3.8) is 0 Å². The van der Waals surface area contributed by atoms with Gasteiger partial charge in [-0.1, -0.05) is 0 Å². The summed E-state index contributed by atoms with van der Waals surface area (Å²) < 4.78 is 23.0. The lowest BCUT2D eigenvalue weighted by atomic mass is 10.0. The normalized spacial score (nSPS) is 20.7. The van der Waals surface area contributed by atoms with Crippen molar-refractivity contribution in [1.29, 1.82) is 0 Å². The molecule has 6 nitrogen and oxygen atoms in total. The lowest BCUT2D eigenvalue weighted by Gasteiger charge is -2.14. The molecule has 0 aliphatic heterocycles. The van der Waals surface area contributed by atoms with Gasteiger partial charge in [-0.2, -0.15) is 5.10 Å². The third-order valence-corrected chi connectivity index (χ3v) is 5.74. The van der Waals surface area contributed by atoms with Crippen LogP contribution in [0.2, 0.25) is 0 Å². The summed E-state index contributed by atoms with van der Waals surface area (Å²) in [6.07, 6.45) is 4.74. The molecule has 8 heteroatoms. The first-order chi connectivity index (χ1) is 9.33. The van der Waals surface area contributed by atoms with Gasteiger partial charge in [0.05, 0.1) is 5.69 Å². The number of H-pyrrole nitrogens is 1. The Labute approximate surface area is 121 Å². The Kier molecular flexibility index (Phi) is 3.10. The van der Waals surface area contributed by atoms with Gasteiger partial charge in [0, 0.05) is 17.2 Å². The maximum Gasteiger partial charge on any atom is 0.273 e. The molecule has 2 saturated carbocycles. The second-order valence-electron chi connectivity index (χ2n) is 5.78. The summed E-state index contributed by atoms with van der Waals surface area (Å²) in [4.78, 5) is 11.9. The van der Waals surface area contributed by atoms with Crippen molar-refractivity contribution in [2.75, 3.05) is 6.54 Å². The smallest absolute Gasteiger partial charge is 0.273 e. The summed E-state index contributed by atoms with van der Waals surface area (Å²) in [5.74, 6) is 0.237. The van der Waals surface area contributed by atoms with Crippen LogP contribution in [0.5, 0.6) is 0 Å². The maximum absolute atomic E-state index is 12.1. The number of hydrogen-bond acceptors (Lipinski definition) is 4. The largest absolute Gasteiger partial charge is 0.350 e. The fourth-order valence-electron chi connectivity index (χ4n) is 2.80. The monoisotopic (exact) mass is 317 g/mol. The van der Waals surface area contributed by atoms with Crippen LogP contribution < -0.4 is 5.32 Å². The minimum atomic E-state index is -3.99. The zero-order valence-electron chi connectivity index (χ0n) is 11.1. The molecule has 1 aromatic heterocycles. The fourth-order valence-corrected chi connectivity index (χ4v) is 4.14. The second-order valence-corrected chi connectivity index (χ2v) is 8.29. The maximum atomic E-state index is 12.1. The van der Waals surface area contributed by atoms with Gasteiger partial charge in [0.1, 0.15) is 4.90 Å². The first-order valence-corrected chi connectivity index (χ1v) is 8.92. The number of rotatable bonds is 5. The Bertz CT molecular complexity index is 659. The number of carbonyl (C=O) groups is 1. The number of amides is 1. The fraction of sp³-hybridized carbons (Fsp3) is 0.667. The van der Waals surface area contributed by atoms with Gasteiger partial charge in [-0.3, -0.25) is 9.89 Å². The number of aromatic nitrogens is 2. The van der Waals surface area contributed by atoms with Crippen LogP contribution in [0.15, 0.2) is 4.90 Å². The molecular formula is C12H16ClN3O3S. The van der Waals surface area contributed by atoms with Gasteiger partial charge in [-0.05, 0) is 43.9 Å². The van der Waals surface area contributed by atoms with E-state index in [2.05, 4.69) is 15.5 Å². The molecule has 0 saturated heterocycles. The predicted octanol–water partition coefficient (Wildman–Crippen LogP) is 1.57. The van der Waals surface area contributed by atoms with Gasteiger partial charge in [-0.15, -0.1) is 0 Å². The molecule has 1 amide bonds. The number of carbonyl (C=O) groups excluding carboxylic acids is 1. The highest BCUT2D eigenvalue weighted by atomic mass is 35.7. The number of halogens is 1. The van der Waals surface area contributed by atoms with Crippen molar-refractivity contribution >= 4 is 25.6 Å². The van der Waals surface area contributed by atoms with E-state index in [0.29, 0.717) is 6.54 Å². The zero-order chi connectivity index (χ0) is 14.5. The molecule has 2 aliphatic rings. The quantitative estimate of drug-likeness (QED) is 0.806. The molecule has 0 bridgehead atoms. The first-order valence-electron chi connectivity index (χ1n) is 6.61. The number of aryl methyl sites for hydroxylation is 1. The molecule has 3 rings (SSSR count). The number of hydrogen-bond donors (Lipinski definition) is 2. The van der Waals surface area contributed by atoms with E-state index in [1.54, 1.807) is 0 Å². The van der Waals surface area contributed by atoms with Crippen molar-refractivity contribution in [3.8, 4) is 0 Å². The highest BCUT2D eigenvalue weighted by Gasteiger charge is 2.53. The Morgan fingerprint density at radius 3 is 2.65 bits per heavy atom. The number of nitrogens with zero attached hydrogens (tertiary/aromatic N) is 1. The summed E-state index contributed by atoms with van der Waals surface area (Å²) in [7, 11) is 1.36. The van der Waals surface area contributed by atoms with Crippen molar-refractivity contribution in [3.05, 3.63) is 11.4 Å². The number of nitrogens with one attached hydrogen (secondary N) is 2. The van der Waals surface area contributed by atoms with E-state index in [0.717, 1.165) is 18.8 Å². The van der Waals surface area contributed by atoms with Gasteiger partial charge in [0.2, 0.25) is 0 Å². The molecule has 20 heavy (non-hydrogen) atoms. The Balaban J connectivity index is 1.75. The van der Waals surface area contributed by atoms with Crippen LogP contribution in [0.1, 0.15) is 41.9 Å². The Morgan fingerprint density at radius 1 is 1.50 bits per heavy atom. The molecule has 1 heterocycles. The Morgan fingerprint density at radius 2 is 2.15 bits per heavy atom. The van der Waals surface area contributed by atoms with Crippen LogP contribution in [-0.2, 0) is 9.05 Å². The van der Waals surface area contributed by atoms with Gasteiger partial charge >= 0.3 is 0 Å². The molecule has 2 aliphatic carbocycles. The van der Waals surface area contributed by atoms with E-state index in [9.17, 15) is 13.2 Å². The minimum absolute atomic E-state index is 0.149. The summed E-state index contributed by atoms with van der Waals surface area (Å²) in [6, 6.07) is 0. The van der Waals surface area contributed by atoms with Crippen LogP contribution in [-0.4, -0.2) is 31.1 Å². The van der Waals surface area contributed by atoms with Gasteiger partial charge in [-0.25, -0.2) is 8.42 Å². The van der Waals surface area contributed by atoms with E-state index in [1.165, 1.54) is 19.8 Å². The molecule has 0 aromatic carbocycles. The van der Waals surface area contributed by atoms with Crippen molar-refractivity contribution < 1.29 is 13.2 Å². The SMILES string of the molecule is Cc1[nH]nc(C(=O)NCC2(C3CC3)CC2)c1S(=O)(=O)Cl. The first kappa shape index (κ1) is 13.9. The highest BCUT2D eigenvalue weighted by molar-refractivity contribution is 8.13. The van der Waals surface area contributed by atoms with Crippen molar-refractivity contribution in [2.45, 2.75) is 37.5 Å². The zero-order valence-corrected chi connectivity index (χ0v) is 12.6. The van der Waals surface area contributed by atoms with Crippen LogP contribution in [0.3, 0.4) is 0 Å². The third kappa shape index (κ3) is 2.44. The average molecular weight is 318 g/mol. The summed E-state index contributed by atoms with van der Waals surface area (Å²) in [5.41, 5.74) is 0.374. The molecule has 0 unspecified atom stereocenters. The molecule has 0 spiro atoms. The lowest BCUT2D eigenvalue weighted by molar-refractivity contribution is 0.0934. The molecular weight excluding hydrogens is 302 g/mol. The van der Waals surface area contributed by atoms with E-state index in [4.69, 9.17) is 10.7 Å². The Hall–Kier alpha value is -1.08. The molecule has 110 valence electrons. The molecule has 2 fully saturated rings. The molecule has 0 radical (unpaired) electrons. The van der Waals surface area contributed by atoms with Crippen molar-refractivity contribution in [2.24, 2.45) is 11.3 Å². The molecule has 0 atom stereocenters. The van der Waals surface area contributed by atoms with Crippen LogP contribution in [0.25, 0.3) is 0 Å². The van der Waals surface area contributed by atoms with E-state index in [-0.39, 0.29) is 21.7 Å². The number of aromatic amines is 1. The summed E-state index contributed by atoms with van der Waals surface area (Å²) >= 11 is 0. The standard InChI is InChI=1S/C12H16ClN3O3S/c1-7-10(20(13,18)19)9(16-15-7)11(17)14-6-12(4-5-12)8-2-3-8/h8H,2-6H2,1H3,(H,14,17)(H,15,16). The topological polar surface area (TPSA) is 91.9 Å². The lowest BCUT2D eigenvalue weighted by Crippen LogP contribution is -2.32. The minimum Gasteiger partial charge on any atom is -0.350 e.